The summed E-state index contributed by atoms with van der Waals surface area (Å²) in [5.74, 6) is -0.107. The fourth-order valence-corrected chi connectivity index (χ4v) is 4.62. The molecule has 0 saturated carbocycles. The number of nitrogens with one attached hydrogen (secondary N) is 1. The van der Waals surface area contributed by atoms with Gasteiger partial charge in [0.05, 0.1) is 25.6 Å². The molecular formula is C26H42FN5O5. The van der Waals surface area contributed by atoms with Gasteiger partial charge in [-0.3, -0.25) is 9.88 Å². The lowest BCUT2D eigenvalue weighted by Gasteiger charge is -2.24. The standard InChI is InChI=1S/C26H42FN5O5/c1-3-4-5-6-7-8-9-10-11-12-13-14-15-36-25(35)30-22-21-23(31-24(27)29-22)32(18-28-21)20-16-19(34)26(2,17-33)37-20/h18-20,33-34H,3-17H2,1-2H3,(H,29,30,31,35)/t19-,20+,26+/m0/s1. The molecule has 2 aromatic rings. The van der Waals surface area contributed by atoms with Gasteiger partial charge in [-0.25, -0.2) is 9.78 Å². The smallest absolute Gasteiger partial charge is 0.412 e. The third-order valence-electron chi connectivity index (χ3n) is 7.00. The molecule has 3 N–H and O–H groups in total. The topological polar surface area (TPSA) is 132 Å². The van der Waals surface area contributed by atoms with Crippen LogP contribution in [0.25, 0.3) is 11.2 Å². The Bertz CT molecular complexity index is 990. The van der Waals surface area contributed by atoms with Crippen LogP contribution in [0.1, 0.15) is 104 Å². The molecule has 0 aliphatic carbocycles. The highest BCUT2D eigenvalue weighted by atomic mass is 19.1. The summed E-state index contributed by atoms with van der Waals surface area (Å²) in [6.07, 6.45) is 12.7. The van der Waals surface area contributed by atoms with Gasteiger partial charge < -0.3 is 19.7 Å². The average molecular weight is 524 g/mol. The minimum Gasteiger partial charge on any atom is -0.449 e. The van der Waals surface area contributed by atoms with E-state index in [-0.39, 0.29) is 36.6 Å². The van der Waals surface area contributed by atoms with Crippen LogP contribution in [0.15, 0.2) is 6.33 Å². The van der Waals surface area contributed by atoms with Gasteiger partial charge in [-0.2, -0.15) is 14.4 Å². The lowest BCUT2D eigenvalue weighted by Crippen LogP contribution is -2.39. The molecule has 10 nitrogen and oxygen atoms in total. The second kappa shape index (κ2) is 14.5. The number of ether oxygens (including phenoxy) is 2. The molecule has 0 radical (unpaired) electrons. The van der Waals surface area contributed by atoms with Crippen molar-refractivity contribution in [3.63, 3.8) is 0 Å². The van der Waals surface area contributed by atoms with E-state index in [1.807, 2.05) is 0 Å². The van der Waals surface area contributed by atoms with E-state index in [2.05, 4.69) is 27.2 Å². The van der Waals surface area contributed by atoms with Gasteiger partial charge in [0.25, 0.3) is 0 Å². The molecule has 3 atom stereocenters. The number of hydrogen-bond donors (Lipinski definition) is 3. The highest BCUT2D eigenvalue weighted by molar-refractivity contribution is 5.93. The van der Waals surface area contributed by atoms with Gasteiger partial charge in [-0.15, -0.1) is 0 Å². The number of unbranched alkanes of at least 4 members (excludes halogenated alkanes) is 11. The monoisotopic (exact) mass is 523 g/mol. The summed E-state index contributed by atoms with van der Waals surface area (Å²) in [4.78, 5) is 23.9. The van der Waals surface area contributed by atoms with Crippen molar-refractivity contribution in [2.24, 2.45) is 0 Å². The van der Waals surface area contributed by atoms with Crippen molar-refractivity contribution in [3.05, 3.63) is 12.4 Å². The Morgan fingerprint density at radius 3 is 2.35 bits per heavy atom. The number of imidazole rings is 1. The number of hydrogen-bond acceptors (Lipinski definition) is 8. The number of aromatic nitrogens is 4. The van der Waals surface area contributed by atoms with Gasteiger partial charge in [0.2, 0.25) is 0 Å². The van der Waals surface area contributed by atoms with Crippen LogP contribution in [0.2, 0.25) is 0 Å². The molecule has 1 fully saturated rings. The van der Waals surface area contributed by atoms with Crippen LogP contribution in [0.4, 0.5) is 15.0 Å². The highest BCUT2D eigenvalue weighted by Crippen LogP contribution is 2.37. The van der Waals surface area contributed by atoms with Crippen LogP contribution in [-0.4, -0.2) is 60.7 Å². The molecule has 0 bridgehead atoms. The Kier molecular flexibility index (Phi) is 11.5. The van der Waals surface area contributed by atoms with Crippen molar-refractivity contribution in [2.45, 2.75) is 115 Å². The SMILES string of the molecule is CCCCCCCCCCCCCCOC(=O)Nc1nc(F)nc2c1ncn2[C@H]1C[C@H](O)[C@@](C)(CO)O1. The normalized spacial score (nSPS) is 21.5. The number of nitrogens with zero attached hydrogens (tertiary/aromatic N) is 4. The largest absolute Gasteiger partial charge is 0.449 e. The number of carbonyl (C=O) groups is 1. The third-order valence-corrected chi connectivity index (χ3v) is 7.00. The molecule has 0 unspecified atom stereocenters. The molecule has 11 heteroatoms. The third kappa shape index (κ3) is 8.31. The van der Waals surface area contributed by atoms with E-state index in [9.17, 15) is 19.4 Å². The zero-order valence-electron chi connectivity index (χ0n) is 22.1. The second-order valence-corrected chi connectivity index (χ2v) is 10.1. The van der Waals surface area contributed by atoms with E-state index in [0.29, 0.717) is 0 Å². The van der Waals surface area contributed by atoms with Gasteiger partial charge in [-0.05, 0) is 13.3 Å². The zero-order chi connectivity index (χ0) is 26.7. The second-order valence-electron chi connectivity index (χ2n) is 10.1. The van der Waals surface area contributed by atoms with Crippen LogP contribution in [0, 0.1) is 6.08 Å². The molecule has 0 aromatic carbocycles. The van der Waals surface area contributed by atoms with E-state index in [1.54, 1.807) is 6.92 Å². The van der Waals surface area contributed by atoms with Crippen molar-refractivity contribution in [2.75, 3.05) is 18.5 Å². The summed E-state index contributed by atoms with van der Waals surface area (Å²) in [6.45, 7) is 3.71. The van der Waals surface area contributed by atoms with Gasteiger partial charge >= 0.3 is 12.2 Å². The first-order valence-corrected chi connectivity index (χ1v) is 13.7. The number of halogens is 1. The lowest BCUT2D eigenvalue weighted by molar-refractivity contribution is -0.115. The average Bonchev–Trinajstić information content (AvgIpc) is 3.42. The quantitative estimate of drug-likeness (QED) is 0.201. The Morgan fingerprint density at radius 2 is 1.76 bits per heavy atom. The minimum absolute atomic E-state index is 0.100. The van der Waals surface area contributed by atoms with E-state index in [1.165, 1.54) is 68.7 Å². The molecule has 3 rings (SSSR count). The fourth-order valence-electron chi connectivity index (χ4n) is 4.62. The van der Waals surface area contributed by atoms with Crippen molar-refractivity contribution >= 4 is 23.1 Å². The maximum Gasteiger partial charge on any atom is 0.412 e. The molecule has 1 aliphatic rings. The molecule has 1 aliphatic heterocycles. The Labute approximate surface area is 218 Å². The fraction of sp³-hybridized carbons (Fsp3) is 0.769. The predicted octanol–water partition coefficient (Wildman–Crippen LogP) is 5.25. The first kappa shape index (κ1) is 29.2. The summed E-state index contributed by atoms with van der Waals surface area (Å²) in [7, 11) is 0. The molecule has 208 valence electrons. The molecule has 0 spiro atoms. The molecule has 2 aromatic heterocycles. The summed E-state index contributed by atoms with van der Waals surface area (Å²) in [6, 6.07) is 0. The van der Waals surface area contributed by atoms with Gasteiger partial charge in [0.1, 0.15) is 11.8 Å². The lowest BCUT2D eigenvalue weighted by atomic mass is 10.0. The summed E-state index contributed by atoms with van der Waals surface area (Å²) in [5, 5.41) is 22.2. The maximum atomic E-state index is 14.2. The zero-order valence-corrected chi connectivity index (χ0v) is 22.1. The van der Waals surface area contributed by atoms with E-state index in [0.717, 1.165) is 19.3 Å². The van der Waals surface area contributed by atoms with Gasteiger partial charge in [0, 0.05) is 6.42 Å². The summed E-state index contributed by atoms with van der Waals surface area (Å²) < 4.78 is 26.6. The highest BCUT2D eigenvalue weighted by Gasteiger charge is 2.45. The number of amides is 1. The predicted molar refractivity (Wildman–Crippen MR) is 138 cm³/mol. The van der Waals surface area contributed by atoms with Crippen LogP contribution in [0.3, 0.4) is 0 Å². The molecule has 1 saturated heterocycles. The minimum atomic E-state index is -1.15. The van der Waals surface area contributed by atoms with E-state index >= 15 is 0 Å². The van der Waals surface area contributed by atoms with Gasteiger partial charge in [0.15, 0.2) is 17.0 Å². The Morgan fingerprint density at radius 1 is 1.14 bits per heavy atom. The van der Waals surface area contributed by atoms with Crippen molar-refractivity contribution in [1.82, 2.24) is 19.5 Å². The number of carbonyl (C=O) groups excluding carboxylic acids is 1. The number of aliphatic hydroxyl groups excluding tert-OH is 2. The van der Waals surface area contributed by atoms with E-state index < -0.39 is 30.1 Å². The van der Waals surface area contributed by atoms with E-state index in [4.69, 9.17) is 9.47 Å². The van der Waals surface area contributed by atoms with Crippen molar-refractivity contribution in [1.29, 1.82) is 0 Å². The molecule has 37 heavy (non-hydrogen) atoms. The first-order chi connectivity index (χ1) is 17.9. The molecular weight excluding hydrogens is 481 g/mol. The Hall–Kier alpha value is -2.37. The Balaban J connectivity index is 1.39. The number of anilines is 1. The van der Waals surface area contributed by atoms with Crippen LogP contribution in [-0.2, 0) is 9.47 Å². The van der Waals surface area contributed by atoms with Crippen LogP contribution >= 0.6 is 0 Å². The van der Waals surface area contributed by atoms with Crippen LogP contribution in [0.5, 0.6) is 0 Å². The number of rotatable bonds is 16. The molecule has 3 heterocycles. The number of aliphatic hydroxyl groups is 2. The first-order valence-electron chi connectivity index (χ1n) is 13.7. The maximum absolute atomic E-state index is 14.2. The summed E-state index contributed by atoms with van der Waals surface area (Å²) in [5.41, 5.74) is -0.881. The van der Waals surface area contributed by atoms with Crippen molar-refractivity contribution < 1.29 is 28.9 Å². The van der Waals surface area contributed by atoms with Crippen LogP contribution < -0.4 is 5.32 Å². The van der Waals surface area contributed by atoms with Crippen molar-refractivity contribution in [3.8, 4) is 0 Å². The molecule has 1 amide bonds. The summed E-state index contributed by atoms with van der Waals surface area (Å²) >= 11 is 0. The van der Waals surface area contributed by atoms with Gasteiger partial charge in [-0.1, -0.05) is 77.6 Å². The number of fused-ring (bicyclic) bond motifs is 1.